The van der Waals surface area contributed by atoms with E-state index >= 15 is 0 Å². The van der Waals surface area contributed by atoms with Gasteiger partial charge in [0.1, 0.15) is 17.6 Å². The van der Waals surface area contributed by atoms with Crippen LogP contribution in [0, 0.1) is 17.5 Å². The highest BCUT2D eigenvalue weighted by molar-refractivity contribution is 5.93. The number of aromatic carboxylic acids is 1. The van der Waals surface area contributed by atoms with Crippen LogP contribution in [-0.2, 0) is 6.54 Å². The molecule has 0 unspecified atom stereocenters. The smallest absolute Gasteiger partial charge is 0.408 e. The summed E-state index contributed by atoms with van der Waals surface area (Å²) in [6.07, 6.45) is -4.83. The number of hydrogen-bond acceptors (Lipinski definition) is 3. The van der Waals surface area contributed by atoms with Gasteiger partial charge in [0, 0.05) is 0 Å². The SMILES string of the molecule is O=C(O)c1c(F)c(F)c2c(nnn2CC(F)(F)F)c1F. The largest absolute Gasteiger partial charge is 0.477 e. The third-order valence-electron chi connectivity index (χ3n) is 2.33. The summed E-state index contributed by atoms with van der Waals surface area (Å²) in [6, 6.07) is 0. The normalized spacial score (nSPS) is 12.1. The highest BCUT2D eigenvalue weighted by Crippen LogP contribution is 2.28. The standard InChI is InChI=1S/C9H3F6N3O2/c10-3-2(8(19)20)4(11)6-7(5(3)12)18(17-16-6)1-9(13,14)15/h1H2,(H,19,20). The van der Waals surface area contributed by atoms with Crippen LogP contribution >= 0.6 is 0 Å². The van der Waals surface area contributed by atoms with Crippen LogP contribution in [0.1, 0.15) is 10.4 Å². The lowest BCUT2D eigenvalue weighted by Crippen LogP contribution is -2.19. The zero-order valence-electron chi connectivity index (χ0n) is 9.17. The second-order valence-electron chi connectivity index (χ2n) is 3.68. The van der Waals surface area contributed by atoms with Gasteiger partial charge in [-0.1, -0.05) is 5.21 Å². The Labute approximate surface area is 105 Å². The molecule has 1 heterocycles. The zero-order chi connectivity index (χ0) is 15.2. The molecule has 0 saturated heterocycles. The number of benzene rings is 1. The van der Waals surface area contributed by atoms with Crippen molar-refractivity contribution in [1.29, 1.82) is 0 Å². The topological polar surface area (TPSA) is 68.0 Å². The van der Waals surface area contributed by atoms with E-state index in [0.29, 0.717) is 0 Å². The fourth-order valence-corrected chi connectivity index (χ4v) is 1.57. The molecule has 1 aromatic carbocycles. The van der Waals surface area contributed by atoms with Crippen molar-refractivity contribution in [1.82, 2.24) is 15.0 Å². The molecule has 0 bridgehead atoms. The van der Waals surface area contributed by atoms with Crippen LogP contribution in [0.3, 0.4) is 0 Å². The fourth-order valence-electron chi connectivity index (χ4n) is 1.57. The van der Waals surface area contributed by atoms with Crippen molar-refractivity contribution in [2.24, 2.45) is 0 Å². The quantitative estimate of drug-likeness (QED) is 0.681. The molecule has 108 valence electrons. The summed E-state index contributed by atoms with van der Waals surface area (Å²) in [5.74, 6) is -7.99. The van der Waals surface area contributed by atoms with E-state index in [-0.39, 0.29) is 4.68 Å². The molecule has 20 heavy (non-hydrogen) atoms. The third-order valence-corrected chi connectivity index (χ3v) is 2.33. The lowest BCUT2D eigenvalue weighted by molar-refractivity contribution is -0.142. The van der Waals surface area contributed by atoms with E-state index in [2.05, 4.69) is 10.3 Å². The molecule has 0 spiro atoms. The number of aromatic nitrogens is 3. The van der Waals surface area contributed by atoms with E-state index in [1.165, 1.54) is 0 Å². The molecule has 0 aliphatic heterocycles. The molecule has 0 aliphatic rings. The minimum absolute atomic E-state index is 0.0948. The van der Waals surface area contributed by atoms with E-state index in [1.54, 1.807) is 0 Å². The van der Waals surface area contributed by atoms with E-state index in [4.69, 9.17) is 5.11 Å². The van der Waals surface area contributed by atoms with Gasteiger partial charge in [-0.2, -0.15) is 13.2 Å². The number of rotatable bonds is 2. The van der Waals surface area contributed by atoms with Crippen molar-refractivity contribution in [3.63, 3.8) is 0 Å². The van der Waals surface area contributed by atoms with Gasteiger partial charge in [0.15, 0.2) is 23.0 Å². The van der Waals surface area contributed by atoms with Gasteiger partial charge in [-0.3, -0.25) is 0 Å². The van der Waals surface area contributed by atoms with Crippen LogP contribution in [0.15, 0.2) is 0 Å². The summed E-state index contributed by atoms with van der Waals surface area (Å²) in [4.78, 5) is 10.6. The highest BCUT2D eigenvalue weighted by Gasteiger charge is 2.33. The Balaban J connectivity index is 2.78. The Kier molecular flexibility index (Phi) is 3.07. The molecule has 0 saturated carbocycles. The Morgan fingerprint density at radius 3 is 2.25 bits per heavy atom. The Morgan fingerprint density at radius 2 is 1.75 bits per heavy atom. The Morgan fingerprint density at radius 1 is 1.15 bits per heavy atom. The first-order valence-electron chi connectivity index (χ1n) is 4.83. The molecule has 0 amide bonds. The lowest BCUT2D eigenvalue weighted by atomic mass is 10.1. The van der Waals surface area contributed by atoms with Crippen LogP contribution < -0.4 is 0 Å². The van der Waals surface area contributed by atoms with Gasteiger partial charge in [-0.25, -0.2) is 22.6 Å². The Bertz CT molecular complexity index is 708. The molecular formula is C9H3F6N3O2. The van der Waals surface area contributed by atoms with Crippen LogP contribution in [-0.4, -0.2) is 32.2 Å². The van der Waals surface area contributed by atoms with Crippen molar-refractivity contribution >= 4 is 17.0 Å². The summed E-state index contributed by atoms with van der Waals surface area (Å²) in [5, 5.41) is 14.3. The molecule has 1 N–H and O–H groups in total. The first-order chi connectivity index (χ1) is 9.13. The zero-order valence-corrected chi connectivity index (χ0v) is 9.17. The number of fused-ring (bicyclic) bond motifs is 1. The molecule has 2 aromatic rings. The molecule has 0 aliphatic carbocycles. The van der Waals surface area contributed by atoms with Crippen molar-refractivity contribution in [2.75, 3.05) is 0 Å². The van der Waals surface area contributed by atoms with E-state index in [0.717, 1.165) is 0 Å². The maximum atomic E-state index is 13.6. The predicted octanol–water partition coefficient (Wildman–Crippen LogP) is 2.11. The van der Waals surface area contributed by atoms with Crippen molar-refractivity contribution < 1.29 is 36.2 Å². The van der Waals surface area contributed by atoms with Gasteiger partial charge in [0.2, 0.25) is 0 Å². The third kappa shape index (κ3) is 2.14. The molecule has 0 radical (unpaired) electrons. The minimum atomic E-state index is -4.83. The first kappa shape index (κ1) is 14.1. The van der Waals surface area contributed by atoms with Gasteiger partial charge in [-0.15, -0.1) is 5.10 Å². The van der Waals surface area contributed by atoms with E-state index in [9.17, 15) is 31.1 Å². The van der Waals surface area contributed by atoms with Gasteiger partial charge in [0.05, 0.1) is 0 Å². The van der Waals surface area contributed by atoms with Gasteiger partial charge >= 0.3 is 12.1 Å². The van der Waals surface area contributed by atoms with Gasteiger partial charge < -0.3 is 5.11 Å². The predicted molar refractivity (Wildman–Crippen MR) is 50.4 cm³/mol. The molecule has 11 heteroatoms. The van der Waals surface area contributed by atoms with E-state index < -0.39 is 52.7 Å². The van der Waals surface area contributed by atoms with Crippen LogP contribution in [0.4, 0.5) is 26.3 Å². The number of carboxylic acids is 1. The van der Waals surface area contributed by atoms with Crippen LogP contribution in [0.5, 0.6) is 0 Å². The number of carbonyl (C=O) groups is 1. The van der Waals surface area contributed by atoms with Crippen molar-refractivity contribution in [3.8, 4) is 0 Å². The minimum Gasteiger partial charge on any atom is -0.477 e. The molecular weight excluding hydrogens is 296 g/mol. The number of carboxylic acid groups (broad SMARTS) is 1. The number of alkyl halides is 3. The summed E-state index contributed by atoms with van der Waals surface area (Å²) >= 11 is 0. The second kappa shape index (κ2) is 4.35. The molecule has 0 atom stereocenters. The number of hydrogen-bond donors (Lipinski definition) is 1. The van der Waals surface area contributed by atoms with Crippen molar-refractivity contribution in [2.45, 2.75) is 12.7 Å². The first-order valence-corrected chi connectivity index (χ1v) is 4.83. The summed E-state index contributed by atoms with van der Waals surface area (Å²) in [5.41, 5.74) is -3.93. The highest BCUT2D eigenvalue weighted by atomic mass is 19.4. The summed E-state index contributed by atoms with van der Waals surface area (Å²) in [6.45, 7) is -1.83. The summed E-state index contributed by atoms with van der Waals surface area (Å²) in [7, 11) is 0. The number of halogens is 6. The molecule has 5 nitrogen and oxygen atoms in total. The van der Waals surface area contributed by atoms with Crippen molar-refractivity contribution in [3.05, 3.63) is 23.0 Å². The monoisotopic (exact) mass is 299 g/mol. The molecule has 2 rings (SSSR count). The summed E-state index contributed by atoms with van der Waals surface area (Å²) < 4.78 is 77.1. The molecule has 1 aromatic heterocycles. The Hall–Kier alpha value is -2.33. The van der Waals surface area contributed by atoms with Crippen LogP contribution in [0.2, 0.25) is 0 Å². The average molecular weight is 299 g/mol. The second-order valence-corrected chi connectivity index (χ2v) is 3.68. The lowest BCUT2D eigenvalue weighted by Gasteiger charge is -2.08. The molecule has 0 fully saturated rings. The maximum Gasteiger partial charge on any atom is 0.408 e. The maximum absolute atomic E-state index is 13.6. The fraction of sp³-hybridized carbons (Fsp3) is 0.222. The van der Waals surface area contributed by atoms with E-state index in [1.807, 2.05) is 0 Å². The number of nitrogens with zero attached hydrogens (tertiary/aromatic N) is 3. The average Bonchev–Trinajstić information content (AvgIpc) is 2.67. The van der Waals surface area contributed by atoms with Gasteiger partial charge in [-0.05, 0) is 0 Å². The van der Waals surface area contributed by atoms with Gasteiger partial charge in [0.25, 0.3) is 0 Å². The van der Waals surface area contributed by atoms with Crippen LogP contribution in [0.25, 0.3) is 11.0 Å².